The Bertz CT molecular complexity index is 875. The lowest BCUT2D eigenvalue weighted by Gasteiger charge is -2.04. The lowest BCUT2D eigenvalue weighted by atomic mass is 10.1. The summed E-state index contributed by atoms with van der Waals surface area (Å²) in [5, 5.41) is 2.72. The molecule has 0 unspecified atom stereocenters. The van der Waals surface area contributed by atoms with Gasteiger partial charge in [0.2, 0.25) is 11.7 Å². The predicted molar refractivity (Wildman–Crippen MR) is 89.5 cm³/mol. The second-order valence-electron chi connectivity index (χ2n) is 5.11. The van der Waals surface area contributed by atoms with E-state index in [1.54, 1.807) is 66.5 Å². The van der Waals surface area contributed by atoms with Crippen LogP contribution < -0.4 is 5.32 Å². The van der Waals surface area contributed by atoms with Crippen molar-refractivity contribution in [1.82, 2.24) is 9.55 Å². The number of furan rings is 1. The molecule has 1 aromatic carbocycles. The highest BCUT2D eigenvalue weighted by atomic mass is 16.3. The van der Waals surface area contributed by atoms with Gasteiger partial charge in [0, 0.05) is 36.8 Å². The maximum absolute atomic E-state index is 12.3. The molecule has 1 N–H and O–H groups in total. The molecule has 0 aliphatic rings. The van der Waals surface area contributed by atoms with Gasteiger partial charge in [-0.15, -0.1) is 0 Å². The normalized spacial score (nSPS) is 10.9. The van der Waals surface area contributed by atoms with E-state index < -0.39 is 0 Å². The van der Waals surface area contributed by atoms with E-state index in [0.717, 1.165) is 0 Å². The van der Waals surface area contributed by atoms with Crippen LogP contribution in [0.5, 0.6) is 0 Å². The molecule has 24 heavy (non-hydrogen) atoms. The van der Waals surface area contributed by atoms with Crippen LogP contribution in [0.1, 0.15) is 21.9 Å². The highest BCUT2D eigenvalue weighted by Crippen LogP contribution is 2.13. The number of nitrogens with zero attached hydrogens (tertiary/aromatic N) is 2. The van der Waals surface area contributed by atoms with E-state index >= 15 is 0 Å². The number of hydrogen-bond acceptors (Lipinski definition) is 4. The molecule has 3 aromatic rings. The number of aromatic nitrogens is 2. The van der Waals surface area contributed by atoms with Crippen LogP contribution >= 0.6 is 0 Å². The fraction of sp³-hybridized carbons (Fsp3) is 0.0556. The van der Waals surface area contributed by atoms with E-state index in [0.29, 0.717) is 22.8 Å². The second-order valence-corrected chi connectivity index (χ2v) is 5.11. The van der Waals surface area contributed by atoms with Crippen molar-refractivity contribution in [3.05, 3.63) is 78.3 Å². The summed E-state index contributed by atoms with van der Waals surface area (Å²) in [6, 6.07) is 10.2. The standard InChI is InChI=1S/C18H15N3O3/c1-21-11-10-19-18(21)17(23)13-4-6-14(7-5-13)20-16(22)9-8-15-3-2-12-24-15/h2-12H,1H3,(H,20,22)/b9-8+. The van der Waals surface area contributed by atoms with Gasteiger partial charge in [-0.1, -0.05) is 0 Å². The van der Waals surface area contributed by atoms with Crippen LogP contribution in [-0.4, -0.2) is 21.2 Å². The van der Waals surface area contributed by atoms with Gasteiger partial charge in [-0.25, -0.2) is 4.98 Å². The van der Waals surface area contributed by atoms with E-state index in [9.17, 15) is 9.59 Å². The zero-order valence-corrected chi connectivity index (χ0v) is 13.0. The number of amides is 1. The van der Waals surface area contributed by atoms with Crippen LogP contribution in [-0.2, 0) is 11.8 Å². The highest BCUT2D eigenvalue weighted by Gasteiger charge is 2.13. The first-order chi connectivity index (χ1) is 11.6. The van der Waals surface area contributed by atoms with Crippen molar-refractivity contribution in [2.75, 3.05) is 5.32 Å². The summed E-state index contributed by atoms with van der Waals surface area (Å²) in [6.07, 6.45) is 7.79. The Hall–Kier alpha value is -3.41. The second kappa shape index (κ2) is 6.78. The van der Waals surface area contributed by atoms with Gasteiger partial charge in [-0.2, -0.15) is 0 Å². The monoisotopic (exact) mass is 321 g/mol. The van der Waals surface area contributed by atoms with Gasteiger partial charge in [0.15, 0.2) is 5.82 Å². The third-order valence-electron chi connectivity index (χ3n) is 3.38. The molecule has 0 bridgehead atoms. The summed E-state index contributed by atoms with van der Waals surface area (Å²) < 4.78 is 6.77. The van der Waals surface area contributed by atoms with E-state index in [4.69, 9.17) is 4.42 Å². The van der Waals surface area contributed by atoms with Crippen molar-refractivity contribution in [3.63, 3.8) is 0 Å². The molecule has 0 fully saturated rings. The van der Waals surface area contributed by atoms with Crippen molar-refractivity contribution < 1.29 is 14.0 Å². The lowest BCUT2D eigenvalue weighted by Crippen LogP contribution is -2.10. The van der Waals surface area contributed by atoms with Crippen LogP contribution in [0.4, 0.5) is 5.69 Å². The summed E-state index contributed by atoms with van der Waals surface area (Å²) in [4.78, 5) is 28.2. The molecule has 0 aliphatic carbocycles. The molecule has 0 atom stereocenters. The highest BCUT2D eigenvalue weighted by molar-refractivity contribution is 6.07. The fourth-order valence-electron chi connectivity index (χ4n) is 2.15. The van der Waals surface area contributed by atoms with Gasteiger partial charge in [0.25, 0.3) is 0 Å². The Kier molecular flexibility index (Phi) is 4.38. The maximum atomic E-state index is 12.3. The lowest BCUT2D eigenvalue weighted by molar-refractivity contribution is -0.111. The molecule has 0 saturated carbocycles. The number of nitrogens with one attached hydrogen (secondary N) is 1. The molecule has 3 rings (SSSR count). The van der Waals surface area contributed by atoms with E-state index in [-0.39, 0.29) is 11.7 Å². The Morgan fingerprint density at radius 1 is 1.21 bits per heavy atom. The number of anilines is 1. The minimum atomic E-state index is -0.283. The zero-order valence-electron chi connectivity index (χ0n) is 13.0. The van der Waals surface area contributed by atoms with E-state index in [1.165, 1.54) is 12.3 Å². The smallest absolute Gasteiger partial charge is 0.248 e. The summed E-state index contributed by atoms with van der Waals surface area (Å²) in [7, 11) is 1.76. The molecular weight excluding hydrogens is 306 g/mol. The third-order valence-corrected chi connectivity index (χ3v) is 3.38. The third kappa shape index (κ3) is 3.49. The number of rotatable bonds is 5. The number of carbonyl (C=O) groups excluding carboxylic acids is 2. The summed E-state index contributed by atoms with van der Waals surface area (Å²) in [6.45, 7) is 0. The Balaban J connectivity index is 1.65. The summed E-state index contributed by atoms with van der Waals surface area (Å²) >= 11 is 0. The summed E-state index contributed by atoms with van der Waals surface area (Å²) in [5.41, 5.74) is 1.11. The summed E-state index contributed by atoms with van der Waals surface area (Å²) in [5.74, 6) is 0.516. The van der Waals surface area contributed by atoms with Gasteiger partial charge in [0.05, 0.1) is 6.26 Å². The fourth-order valence-corrected chi connectivity index (χ4v) is 2.15. The largest absolute Gasteiger partial charge is 0.465 e. The molecule has 0 radical (unpaired) electrons. The molecule has 1 amide bonds. The van der Waals surface area contributed by atoms with Gasteiger partial charge in [0.1, 0.15) is 5.76 Å². The topological polar surface area (TPSA) is 77.1 Å². The minimum Gasteiger partial charge on any atom is -0.465 e. The molecule has 0 aliphatic heterocycles. The molecule has 0 spiro atoms. The van der Waals surface area contributed by atoms with Gasteiger partial charge in [-0.05, 0) is 42.5 Å². The van der Waals surface area contributed by atoms with Crippen LogP contribution in [0.25, 0.3) is 6.08 Å². The van der Waals surface area contributed by atoms with Crippen LogP contribution in [0.3, 0.4) is 0 Å². The van der Waals surface area contributed by atoms with Crippen molar-refractivity contribution >= 4 is 23.5 Å². The first kappa shape index (κ1) is 15.5. The number of benzene rings is 1. The number of carbonyl (C=O) groups is 2. The number of hydrogen-bond donors (Lipinski definition) is 1. The number of ketones is 1. The van der Waals surface area contributed by atoms with Crippen LogP contribution in [0, 0.1) is 0 Å². The van der Waals surface area contributed by atoms with Crippen LogP contribution in [0.15, 0.2) is 65.5 Å². The number of aryl methyl sites for hydroxylation is 1. The average molecular weight is 321 g/mol. The molecule has 0 saturated heterocycles. The van der Waals surface area contributed by atoms with Crippen molar-refractivity contribution in [2.45, 2.75) is 0 Å². The molecule has 2 heterocycles. The molecular formula is C18H15N3O3. The Morgan fingerprint density at radius 2 is 2.00 bits per heavy atom. The molecule has 120 valence electrons. The quantitative estimate of drug-likeness (QED) is 0.579. The Labute approximate surface area is 138 Å². The minimum absolute atomic E-state index is 0.168. The van der Waals surface area contributed by atoms with E-state index in [1.807, 2.05) is 0 Å². The predicted octanol–water partition coefficient (Wildman–Crippen LogP) is 2.90. The Morgan fingerprint density at radius 3 is 2.62 bits per heavy atom. The van der Waals surface area contributed by atoms with Crippen molar-refractivity contribution in [1.29, 1.82) is 0 Å². The van der Waals surface area contributed by atoms with Gasteiger partial charge < -0.3 is 14.3 Å². The SMILES string of the molecule is Cn1ccnc1C(=O)c1ccc(NC(=O)/C=C/c2ccco2)cc1. The molecule has 6 nitrogen and oxygen atoms in total. The van der Waals surface area contributed by atoms with Gasteiger partial charge >= 0.3 is 0 Å². The average Bonchev–Trinajstić information content (AvgIpc) is 3.24. The van der Waals surface area contributed by atoms with Crippen molar-refractivity contribution in [2.24, 2.45) is 7.05 Å². The van der Waals surface area contributed by atoms with Gasteiger partial charge in [-0.3, -0.25) is 9.59 Å². The van der Waals surface area contributed by atoms with Crippen molar-refractivity contribution in [3.8, 4) is 0 Å². The van der Waals surface area contributed by atoms with Crippen LogP contribution in [0.2, 0.25) is 0 Å². The zero-order chi connectivity index (χ0) is 16.9. The molecule has 6 heteroatoms. The first-order valence-corrected chi connectivity index (χ1v) is 7.28. The molecule has 2 aromatic heterocycles. The maximum Gasteiger partial charge on any atom is 0.248 e. The van der Waals surface area contributed by atoms with E-state index in [2.05, 4.69) is 10.3 Å². The first-order valence-electron chi connectivity index (χ1n) is 7.28. The number of imidazole rings is 1.